The van der Waals surface area contributed by atoms with Gasteiger partial charge in [-0.2, -0.15) is 0 Å². The van der Waals surface area contributed by atoms with E-state index in [4.69, 9.17) is 24.3 Å². The third-order valence-corrected chi connectivity index (χ3v) is 11.8. The molecule has 0 heterocycles. The van der Waals surface area contributed by atoms with Crippen LogP contribution in [0.1, 0.15) is 181 Å². The molecular formula is C65H100NO8P. The molecule has 0 amide bonds. The highest BCUT2D eigenvalue weighted by molar-refractivity contribution is 7.47. The maximum Gasteiger partial charge on any atom is 0.472 e. The topological polar surface area (TPSA) is 134 Å². The number of unbranched alkanes of at least 4 members (excludes halogenated alkanes) is 8. The van der Waals surface area contributed by atoms with E-state index in [2.05, 4.69) is 178 Å². The molecular weight excluding hydrogens is 954 g/mol. The van der Waals surface area contributed by atoms with Crippen molar-refractivity contribution in [3.63, 3.8) is 0 Å². The number of hydrogen-bond donors (Lipinski definition) is 2. The molecule has 0 fully saturated rings. The van der Waals surface area contributed by atoms with Gasteiger partial charge in [-0.05, 0) is 116 Å². The first-order valence-corrected chi connectivity index (χ1v) is 29.8. The summed E-state index contributed by atoms with van der Waals surface area (Å²) in [5.41, 5.74) is 5.36. The Morgan fingerprint density at radius 2 is 0.733 bits per heavy atom. The molecule has 75 heavy (non-hydrogen) atoms. The van der Waals surface area contributed by atoms with Crippen molar-refractivity contribution >= 4 is 19.8 Å². The highest BCUT2D eigenvalue weighted by atomic mass is 31.2. The molecule has 0 aliphatic heterocycles. The first-order valence-electron chi connectivity index (χ1n) is 28.3. The number of allylic oxidation sites excluding steroid dienone is 29. The van der Waals surface area contributed by atoms with Crippen molar-refractivity contribution in [1.29, 1.82) is 0 Å². The molecule has 0 radical (unpaired) electrons. The Balaban J connectivity index is 4.08. The third kappa shape index (κ3) is 58.2. The van der Waals surface area contributed by atoms with E-state index in [1.807, 2.05) is 12.2 Å². The Bertz CT molecular complexity index is 1870. The lowest BCUT2D eigenvalue weighted by molar-refractivity contribution is -0.160. The minimum Gasteiger partial charge on any atom is -0.461 e. The van der Waals surface area contributed by atoms with Gasteiger partial charge in [0.15, 0.2) is 6.10 Å². The van der Waals surface area contributed by atoms with Gasteiger partial charge in [-0.25, -0.2) is 4.57 Å². The summed E-state index contributed by atoms with van der Waals surface area (Å²) in [6, 6.07) is 0. The van der Waals surface area contributed by atoms with Gasteiger partial charge in [0.05, 0.1) is 19.6 Å². The van der Waals surface area contributed by atoms with E-state index in [0.29, 0.717) is 12.8 Å². The van der Waals surface area contributed by atoms with Crippen LogP contribution in [0.4, 0.5) is 0 Å². The second-order valence-corrected chi connectivity index (χ2v) is 19.2. The molecule has 0 aromatic rings. The number of hydrogen-bond acceptors (Lipinski definition) is 8. The number of phosphoric ester groups is 1. The smallest absolute Gasteiger partial charge is 0.461 e. The molecule has 2 unspecified atom stereocenters. The predicted octanol–water partition coefficient (Wildman–Crippen LogP) is 18.1. The summed E-state index contributed by atoms with van der Waals surface area (Å²) in [6.07, 6.45) is 88.4. The molecule has 9 nitrogen and oxygen atoms in total. The average Bonchev–Trinajstić information content (AvgIpc) is 3.40. The lowest BCUT2D eigenvalue weighted by atomic mass is 10.1. The summed E-state index contributed by atoms with van der Waals surface area (Å²) < 4.78 is 32.8. The molecule has 418 valence electrons. The van der Waals surface area contributed by atoms with E-state index in [9.17, 15) is 19.0 Å². The molecule has 0 bridgehead atoms. The van der Waals surface area contributed by atoms with Crippen molar-refractivity contribution in [2.45, 2.75) is 187 Å². The van der Waals surface area contributed by atoms with E-state index in [1.54, 1.807) is 6.08 Å². The fraction of sp³-hybridized carbons (Fsp3) is 0.508. The summed E-state index contributed by atoms with van der Waals surface area (Å²) >= 11 is 0. The van der Waals surface area contributed by atoms with Crippen LogP contribution >= 0.6 is 7.82 Å². The molecule has 0 aliphatic rings. The van der Waals surface area contributed by atoms with E-state index in [-0.39, 0.29) is 32.6 Å². The van der Waals surface area contributed by atoms with Crippen LogP contribution in [0.2, 0.25) is 0 Å². The van der Waals surface area contributed by atoms with Crippen LogP contribution in [0.15, 0.2) is 182 Å². The molecule has 2 atom stereocenters. The first-order chi connectivity index (χ1) is 36.8. The van der Waals surface area contributed by atoms with Gasteiger partial charge in [0, 0.05) is 13.0 Å². The Labute approximate surface area is 456 Å². The van der Waals surface area contributed by atoms with Crippen molar-refractivity contribution in [3.05, 3.63) is 182 Å². The molecule has 0 aromatic carbocycles. The van der Waals surface area contributed by atoms with Gasteiger partial charge in [-0.1, -0.05) is 235 Å². The van der Waals surface area contributed by atoms with Crippen LogP contribution in [0, 0.1) is 0 Å². The molecule has 0 rings (SSSR count). The number of rotatable bonds is 50. The quantitative estimate of drug-likeness (QED) is 0.0264. The molecule has 0 aromatic heterocycles. The number of ether oxygens (including phenoxy) is 2. The summed E-state index contributed by atoms with van der Waals surface area (Å²) in [5.74, 6) is -1.00. The Kier molecular flexibility index (Phi) is 54.6. The molecule has 0 spiro atoms. The number of nitrogens with two attached hydrogens (primary N) is 1. The van der Waals surface area contributed by atoms with Gasteiger partial charge < -0.3 is 20.1 Å². The Hall–Kier alpha value is -4.89. The minimum atomic E-state index is -4.42. The van der Waals surface area contributed by atoms with Gasteiger partial charge in [-0.3, -0.25) is 18.6 Å². The van der Waals surface area contributed by atoms with Gasteiger partial charge in [-0.15, -0.1) is 0 Å². The van der Waals surface area contributed by atoms with E-state index in [1.165, 1.54) is 25.7 Å². The third-order valence-electron chi connectivity index (χ3n) is 10.8. The maximum absolute atomic E-state index is 12.7. The van der Waals surface area contributed by atoms with Gasteiger partial charge in [0.25, 0.3) is 0 Å². The van der Waals surface area contributed by atoms with Crippen LogP contribution in [0.25, 0.3) is 0 Å². The summed E-state index contributed by atoms with van der Waals surface area (Å²) in [5, 5.41) is 0. The van der Waals surface area contributed by atoms with Crippen LogP contribution in [-0.4, -0.2) is 49.3 Å². The van der Waals surface area contributed by atoms with Crippen molar-refractivity contribution in [3.8, 4) is 0 Å². The standard InChI is InChI=1S/C65H100NO8P/c1-3-5-7-9-11-13-15-17-19-20-21-22-23-24-25-26-27-28-29-30-31-32-33-34-35-36-37-38-39-40-41-42-44-46-48-50-52-54-56-58-65(68)74-63(62-73-75(69,70)72-60-59-66)61-71-64(67)57-55-53-51-49-47-45-43-18-16-14-12-10-8-6-4-2/h5-8,11-14,17-19,21-22,24-25,27-28,30-31,33-34,36-37,39-40,43,47,49,53,55,63H,3-4,9-10,15-16,20,23,26,29,32,35,38,41-42,44-46,48,50-52,54,56-62,66H2,1-2H3,(H,69,70)/b7-5-,8-6-,13-11-,14-12-,19-17-,22-21-,25-24-,28-27-,31-30-,34-33-,37-36-,40-39-,43-18-,49-47-,55-53-. The second kappa shape index (κ2) is 58.4. The number of carbonyl (C=O) groups is 2. The monoisotopic (exact) mass is 1050 g/mol. The molecule has 0 aliphatic carbocycles. The van der Waals surface area contributed by atoms with Crippen LogP contribution in [-0.2, 0) is 32.7 Å². The predicted molar refractivity (Wildman–Crippen MR) is 320 cm³/mol. The van der Waals surface area contributed by atoms with Crippen LogP contribution in [0.3, 0.4) is 0 Å². The lowest BCUT2D eigenvalue weighted by Crippen LogP contribution is -2.29. The van der Waals surface area contributed by atoms with Gasteiger partial charge >= 0.3 is 19.8 Å². The van der Waals surface area contributed by atoms with Crippen molar-refractivity contribution in [2.24, 2.45) is 5.73 Å². The average molecular weight is 1050 g/mol. The van der Waals surface area contributed by atoms with Crippen LogP contribution < -0.4 is 5.73 Å². The fourth-order valence-corrected chi connectivity index (χ4v) is 7.50. The summed E-state index contributed by atoms with van der Waals surface area (Å²) in [4.78, 5) is 35.0. The molecule has 10 heteroatoms. The normalized spacial score (nSPS) is 14.5. The zero-order valence-corrected chi connectivity index (χ0v) is 47.3. The highest BCUT2D eigenvalue weighted by Crippen LogP contribution is 2.43. The summed E-state index contributed by atoms with van der Waals surface area (Å²) in [7, 11) is -4.42. The first kappa shape index (κ1) is 70.1. The van der Waals surface area contributed by atoms with Crippen molar-refractivity contribution < 1.29 is 37.6 Å². The van der Waals surface area contributed by atoms with Crippen molar-refractivity contribution in [1.82, 2.24) is 0 Å². The summed E-state index contributed by atoms with van der Waals surface area (Å²) in [6.45, 7) is 3.35. The van der Waals surface area contributed by atoms with Gasteiger partial charge in [0.2, 0.25) is 0 Å². The zero-order chi connectivity index (χ0) is 54.5. The molecule has 0 saturated carbocycles. The van der Waals surface area contributed by atoms with Gasteiger partial charge in [0.1, 0.15) is 6.61 Å². The van der Waals surface area contributed by atoms with E-state index < -0.39 is 32.5 Å². The number of phosphoric acid groups is 1. The number of carbonyl (C=O) groups excluding carboxylic acids is 2. The highest BCUT2D eigenvalue weighted by Gasteiger charge is 2.25. The minimum absolute atomic E-state index is 0.0305. The lowest BCUT2D eigenvalue weighted by Gasteiger charge is -2.19. The Morgan fingerprint density at radius 3 is 1.09 bits per heavy atom. The van der Waals surface area contributed by atoms with Crippen molar-refractivity contribution in [2.75, 3.05) is 26.4 Å². The SMILES string of the molecule is CC/C=C\C/C=C\C/C=C\C/C=C\C/C=C\C/C=C\C/C=C\C/C=C\C/C=C\C/C=C\CCCCCCCCCCC(=O)OC(COC(=O)C/C=C\C/C=C\C/C=C\C/C=C\C/C=C\CC)COP(=O)(O)OCCN. The van der Waals surface area contributed by atoms with E-state index in [0.717, 1.165) is 116 Å². The zero-order valence-electron chi connectivity index (χ0n) is 46.4. The van der Waals surface area contributed by atoms with Crippen LogP contribution in [0.5, 0.6) is 0 Å². The Morgan fingerprint density at radius 1 is 0.413 bits per heavy atom. The fourth-order valence-electron chi connectivity index (χ4n) is 6.73. The maximum atomic E-state index is 12.7. The number of esters is 2. The molecule has 0 saturated heterocycles. The second-order valence-electron chi connectivity index (χ2n) is 17.7. The largest absolute Gasteiger partial charge is 0.472 e. The molecule has 3 N–H and O–H groups in total. The van der Waals surface area contributed by atoms with E-state index >= 15 is 0 Å².